The third kappa shape index (κ3) is 4.46. The van der Waals surface area contributed by atoms with E-state index in [-0.39, 0.29) is 5.41 Å². The largest absolute Gasteiger partial charge is 0.0839 e. The van der Waals surface area contributed by atoms with E-state index in [4.69, 9.17) is 0 Å². The molecule has 17 heavy (non-hydrogen) atoms. The molecule has 0 aliphatic heterocycles. The van der Waals surface area contributed by atoms with Gasteiger partial charge in [0.1, 0.15) is 0 Å². The fourth-order valence-electron chi connectivity index (χ4n) is 1.85. The van der Waals surface area contributed by atoms with Crippen LogP contribution in [0, 0.1) is 5.92 Å². The molecule has 1 heteroatoms. The van der Waals surface area contributed by atoms with Crippen LogP contribution in [-0.2, 0) is 5.41 Å². The van der Waals surface area contributed by atoms with Gasteiger partial charge in [0.25, 0.3) is 0 Å². The summed E-state index contributed by atoms with van der Waals surface area (Å²) in [4.78, 5) is 0.492. The predicted molar refractivity (Wildman–Crippen MR) is 80.9 cm³/mol. The Morgan fingerprint density at radius 3 is 2.06 bits per heavy atom. The van der Waals surface area contributed by atoms with Gasteiger partial charge in [0, 0.05) is 4.83 Å². The summed E-state index contributed by atoms with van der Waals surface area (Å²) in [6.45, 7) is 11.3. The minimum Gasteiger partial charge on any atom is -0.0839 e. The summed E-state index contributed by atoms with van der Waals surface area (Å²) in [7, 11) is 0. The maximum absolute atomic E-state index is 3.80. The lowest BCUT2D eigenvalue weighted by Crippen LogP contribution is -2.10. The van der Waals surface area contributed by atoms with Gasteiger partial charge in [-0.3, -0.25) is 0 Å². The lowest BCUT2D eigenvalue weighted by Gasteiger charge is -2.20. The predicted octanol–water partition coefficient (Wildman–Crippen LogP) is 5.86. The highest BCUT2D eigenvalue weighted by molar-refractivity contribution is 9.09. The van der Waals surface area contributed by atoms with Crippen molar-refractivity contribution < 1.29 is 0 Å². The molecule has 1 rings (SSSR count). The highest BCUT2D eigenvalue weighted by Gasteiger charge is 2.15. The van der Waals surface area contributed by atoms with Gasteiger partial charge < -0.3 is 0 Å². The average molecular weight is 297 g/mol. The quantitative estimate of drug-likeness (QED) is 0.611. The third-order valence-electron chi connectivity index (χ3n) is 3.44. The smallest absolute Gasteiger partial charge is 0.0397 e. The molecule has 2 atom stereocenters. The second-order valence-electron chi connectivity index (χ2n) is 6.09. The fourth-order valence-corrected chi connectivity index (χ4v) is 2.79. The first-order valence-corrected chi connectivity index (χ1v) is 7.50. The molecule has 0 amide bonds. The van der Waals surface area contributed by atoms with Crippen LogP contribution in [0.1, 0.15) is 63.4 Å². The number of hydrogen-bond donors (Lipinski definition) is 0. The highest BCUT2D eigenvalue weighted by Crippen LogP contribution is 2.32. The molecule has 0 saturated carbocycles. The summed E-state index contributed by atoms with van der Waals surface area (Å²) in [6, 6.07) is 9.06. The minimum absolute atomic E-state index is 0.247. The molecule has 0 bridgehead atoms. The molecular weight excluding hydrogens is 272 g/mol. The summed E-state index contributed by atoms with van der Waals surface area (Å²) in [5.74, 6) is 0.779. The zero-order valence-electron chi connectivity index (χ0n) is 11.8. The summed E-state index contributed by atoms with van der Waals surface area (Å²) in [5.41, 5.74) is 3.06. The van der Waals surface area contributed by atoms with Gasteiger partial charge in [-0.05, 0) is 28.9 Å². The van der Waals surface area contributed by atoms with Gasteiger partial charge >= 0.3 is 0 Å². The molecule has 1 aromatic rings. The third-order valence-corrected chi connectivity index (χ3v) is 4.35. The van der Waals surface area contributed by atoms with Gasteiger partial charge in [-0.2, -0.15) is 0 Å². The van der Waals surface area contributed by atoms with Gasteiger partial charge in [0.15, 0.2) is 0 Å². The molecule has 0 fully saturated rings. The normalized spacial score (nSPS) is 15.6. The van der Waals surface area contributed by atoms with E-state index in [9.17, 15) is 0 Å². The van der Waals surface area contributed by atoms with Gasteiger partial charge in [-0.1, -0.05) is 81.2 Å². The molecular formula is C16H25Br. The van der Waals surface area contributed by atoms with Crippen molar-refractivity contribution in [3.8, 4) is 0 Å². The molecule has 0 saturated heterocycles. The van der Waals surface area contributed by atoms with E-state index in [1.54, 1.807) is 0 Å². The molecule has 0 aromatic heterocycles. The summed E-state index contributed by atoms with van der Waals surface area (Å²) >= 11 is 3.80. The van der Waals surface area contributed by atoms with Gasteiger partial charge in [-0.25, -0.2) is 0 Å². The Kier molecular flexibility index (Phi) is 5.24. The van der Waals surface area contributed by atoms with Gasteiger partial charge in [0.05, 0.1) is 0 Å². The van der Waals surface area contributed by atoms with Gasteiger partial charge in [-0.15, -0.1) is 0 Å². The zero-order chi connectivity index (χ0) is 13.1. The lowest BCUT2D eigenvalue weighted by molar-refractivity contribution is 0.514. The Bertz CT molecular complexity index is 332. The van der Waals surface area contributed by atoms with Crippen LogP contribution in [0.5, 0.6) is 0 Å². The molecule has 0 aliphatic carbocycles. The van der Waals surface area contributed by atoms with Crippen molar-refractivity contribution in [1.29, 1.82) is 0 Å². The Hall–Kier alpha value is -0.300. The van der Waals surface area contributed by atoms with E-state index in [0.717, 1.165) is 5.92 Å². The standard InChI is InChI=1S/C16H25Br/c1-6-12(2)11-15(17)13-7-9-14(10-8-13)16(3,4)5/h7-10,12,15H,6,11H2,1-5H3. The summed E-state index contributed by atoms with van der Waals surface area (Å²) in [5, 5.41) is 0. The summed E-state index contributed by atoms with van der Waals surface area (Å²) in [6.07, 6.45) is 2.47. The monoisotopic (exact) mass is 296 g/mol. The van der Waals surface area contributed by atoms with Gasteiger partial charge in [0.2, 0.25) is 0 Å². The SMILES string of the molecule is CCC(C)CC(Br)c1ccc(C(C)(C)C)cc1. The van der Waals surface area contributed by atoms with Crippen LogP contribution in [0.3, 0.4) is 0 Å². The highest BCUT2D eigenvalue weighted by atomic mass is 79.9. The second kappa shape index (κ2) is 6.04. The van der Waals surface area contributed by atoms with E-state index in [1.807, 2.05) is 0 Å². The molecule has 0 radical (unpaired) electrons. The minimum atomic E-state index is 0.247. The first-order chi connectivity index (χ1) is 7.84. The number of alkyl halides is 1. The van der Waals surface area contributed by atoms with E-state index in [0.29, 0.717) is 4.83 Å². The molecule has 0 nitrogen and oxygen atoms in total. The maximum Gasteiger partial charge on any atom is 0.0397 e. The van der Waals surface area contributed by atoms with Crippen LogP contribution < -0.4 is 0 Å². The summed E-state index contributed by atoms with van der Waals surface area (Å²) < 4.78 is 0. The van der Waals surface area contributed by atoms with E-state index >= 15 is 0 Å². The van der Waals surface area contributed by atoms with Crippen molar-refractivity contribution in [3.05, 3.63) is 35.4 Å². The molecule has 0 heterocycles. The first kappa shape index (κ1) is 14.8. The molecule has 1 aromatic carbocycles. The van der Waals surface area contributed by atoms with E-state index in [1.165, 1.54) is 24.0 Å². The van der Waals surface area contributed by atoms with Crippen LogP contribution in [0.25, 0.3) is 0 Å². The molecule has 0 spiro atoms. The van der Waals surface area contributed by atoms with Crippen LogP contribution in [0.15, 0.2) is 24.3 Å². The number of halogens is 1. The van der Waals surface area contributed by atoms with Crippen LogP contribution in [0.4, 0.5) is 0 Å². The Labute approximate surface area is 115 Å². The van der Waals surface area contributed by atoms with E-state index in [2.05, 4.69) is 74.8 Å². The van der Waals surface area contributed by atoms with Crippen molar-refractivity contribution in [2.24, 2.45) is 5.92 Å². The fraction of sp³-hybridized carbons (Fsp3) is 0.625. The molecule has 96 valence electrons. The van der Waals surface area contributed by atoms with Crippen LogP contribution in [0.2, 0.25) is 0 Å². The first-order valence-electron chi connectivity index (χ1n) is 6.59. The van der Waals surface area contributed by atoms with Crippen molar-refractivity contribution in [2.45, 2.75) is 57.7 Å². The van der Waals surface area contributed by atoms with Crippen molar-refractivity contribution >= 4 is 15.9 Å². The molecule has 0 aliphatic rings. The Morgan fingerprint density at radius 2 is 1.65 bits per heavy atom. The zero-order valence-corrected chi connectivity index (χ0v) is 13.3. The maximum atomic E-state index is 3.80. The second-order valence-corrected chi connectivity index (χ2v) is 7.19. The van der Waals surface area contributed by atoms with Crippen molar-refractivity contribution in [1.82, 2.24) is 0 Å². The molecule has 2 unspecified atom stereocenters. The average Bonchev–Trinajstić information content (AvgIpc) is 2.27. The lowest BCUT2D eigenvalue weighted by atomic mass is 9.86. The molecule has 0 N–H and O–H groups in total. The number of benzene rings is 1. The Balaban J connectivity index is 2.74. The number of hydrogen-bond acceptors (Lipinski definition) is 0. The van der Waals surface area contributed by atoms with Crippen LogP contribution in [-0.4, -0.2) is 0 Å². The van der Waals surface area contributed by atoms with E-state index < -0.39 is 0 Å². The Morgan fingerprint density at radius 1 is 1.12 bits per heavy atom. The van der Waals surface area contributed by atoms with Crippen molar-refractivity contribution in [3.63, 3.8) is 0 Å². The van der Waals surface area contributed by atoms with Crippen molar-refractivity contribution in [2.75, 3.05) is 0 Å². The number of rotatable bonds is 4. The topological polar surface area (TPSA) is 0 Å². The van der Waals surface area contributed by atoms with Crippen LogP contribution >= 0.6 is 15.9 Å².